The van der Waals surface area contributed by atoms with Gasteiger partial charge in [-0.1, -0.05) is 24.3 Å². The van der Waals surface area contributed by atoms with Crippen LogP contribution in [0.2, 0.25) is 0 Å². The summed E-state index contributed by atoms with van der Waals surface area (Å²) in [7, 11) is -3.50. The van der Waals surface area contributed by atoms with Gasteiger partial charge in [0.15, 0.2) is 0 Å². The number of aryl methyl sites for hydroxylation is 1. The number of morpholine rings is 1. The summed E-state index contributed by atoms with van der Waals surface area (Å²) >= 11 is 0. The third-order valence-corrected chi connectivity index (χ3v) is 6.25. The van der Waals surface area contributed by atoms with E-state index < -0.39 is 10.0 Å². The molecule has 1 aromatic carbocycles. The lowest BCUT2D eigenvalue weighted by Gasteiger charge is -2.26. The Labute approximate surface area is 148 Å². The standard InChI is InChI=1S/C18H23N3O3S/c1-14-5-3-4-6-17(14)15(2)20-18-8-7-16(13-19-18)25(22,23)21-9-11-24-12-10-21/h3-8,13,15H,9-12H2,1-2H3,(H,19,20). The number of nitrogens with zero attached hydrogens (tertiary/aromatic N) is 2. The molecule has 0 aliphatic carbocycles. The van der Waals surface area contributed by atoms with Gasteiger partial charge in [-0.3, -0.25) is 0 Å². The van der Waals surface area contributed by atoms with E-state index in [1.165, 1.54) is 21.6 Å². The fourth-order valence-corrected chi connectivity index (χ4v) is 4.28. The van der Waals surface area contributed by atoms with Gasteiger partial charge in [0.2, 0.25) is 10.0 Å². The smallest absolute Gasteiger partial charge is 0.244 e. The Kier molecular flexibility index (Phi) is 5.36. The Morgan fingerprint density at radius 2 is 1.88 bits per heavy atom. The molecule has 1 unspecified atom stereocenters. The molecule has 1 aromatic heterocycles. The number of nitrogens with one attached hydrogen (secondary N) is 1. The van der Waals surface area contributed by atoms with Crippen molar-refractivity contribution in [3.63, 3.8) is 0 Å². The van der Waals surface area contributed by atoms with Crippen molar-refractivity contribution in [1.29, 1.82) is 0 Å². The van der Waals surface area contributed by atoms with Crippen LogP contribution >= 0.6 is 0 Å². The molecule has 25 heavy (non-hydrogen) atoms. The van der Waals surface area contributed by atoms with Crippen LogP contribution in [0.1, 0.15) is 24.1 Å². The molecule has 2 aromatic rings. The minimum Gasteiger partial charge on any atom is -0.379 e. The van der Waals surface area contributed by atoms with Gasteiger partial charge in [-0.05, 0) is 37.1 Å². The average molecular weight is 361 g/mol. The molecule has 0 spiro atoms. The first-order valence-corrected chi connectivity index (χ1v) is 9.78. The highest BCUT2D eigenvalue weighted by Gasteiger charge is 2.26. The van der Waals surface area contributed by atoms with Gasteiger partial charge in [-0.2, -0.15) is 4.31 Å². The van der Waals surface area contributed by atoms with Gasteiger partial charge in [-0.25, -0.2) is 13.4 Å². The van der Waals surface area contributed by atoms with Crippen LogP contribution in [0, 0.1) is 6.92 Å². The van der Waals surface area contributed by atoms with E-state index in [1.807, 2.05) is 12.1 Å². The van der Waals surface area contributed by atoms with Crippen LogP contribution in [0.3, 0.4) is 0 Å². The highest BCUT2D eigenvalue weighted by atomic mass is 32.2. The van der Waals surface area contributed by atoms with Gasteiger partial charge in [0.1, 0.15) is 10.7 Å². The van der Waals surface area contributed by atoms with Crippen LogP contribution in [-0.2, 0) is 14.8 Å². The minimum atomic E-state index is -3.50. The zero-order valence-electron chi connectivity index (χ0n) is 14.5. The third-order valence-electron chi connectivity index (χ3n) is 4.36. The number of anilines is 1. The molecule has 3 rings (SSSR count). The summed E-state index contributed by atoms with van der Waals surface area (Å²) in [5.41, 5.74) is 2.39. The normalized spacial score (nSPS) is 17.2. The number of pyridine rings is 1. The second-order valence-corrected chi connectivity index (χ2v) is 8.06. The van der Waals surface area contributed by atoms with E-state index in [0.29, 0.717) is 32.1 Å². The van der Waals surface area contributed by atoms with Gasteiger partial charge >= 0.3 is 0 Å². The van der Waals surface area contributed by atoms with E-state index in [9.17, 15) is 8.42 Å². The number of sulfonamides is 1. The molecule has 6 nitrogen and oxygen atoms in total. The Hall–Kier alpha value is -1.96. The van der Waals surface area contributed by atoms with Gasteiger partial charge in [-0.15, -0.1) is 0 Å². The van der Waals surface area contributed by atoms with E-state index >= 15 is 0 Å². The van der Waals surface area contributed by atoms with Crippen LogP contribution in [0.5, 0.6) is 0 Å². The van der Waals surface area contributed by atoms with Crippen molar-refractivity contribution in [2.75, 3.05) is 31.6 Å². The van der Waals surface area contributed by atoms with Gasteiger partial charge in [0, 0.05) is 19.3 Å². The summed E-state index contributed by atoms with van der Waals surface area (Å²) in [6.07, 6.45) is 1.41. The molecular formula is C18H23N3O3S. The molecule has 0 saturated carbocycles. The summed E-state index contributed by atoms with van der Waals surface area (Å²) in [6, 6.07) is 11.5. The summed E-state index contributed by atoms with van der Waals surface area (Å²) in [4.78, 5) is 4.50. The molecule has 2 heterocycles. The molecule has 1 aliphatic heterocycles. The number of aromatic nitrogens is 1. The molecule has 1 atom stereocenters. The number of ether oxygens (including phenoxy) is 1. The number of rotatable bonds is 5. The Morgan fingerprint density at radius 3 is 2.52 bits per heavy atom. The first-order chi connectivity index (χ1) is 12.0. The quantitative estimate of drug-likeness (QED) is 0.886. The third kappa shape index (κ3) is 4.00. The van der Waals surface area contributed by atoms with E-state index in [1.54, 1.807) is 12.1 Å². The lowest BCUT2D eigenvalue weighted by atomic mass is 10.0. The maximum Gasteiger partial charge on any atom is 0.244 e. The van der Waals surface area contributed by atoms with Crippen LogP contribution in [-0.4, -0.2) is 44.0 Å². The van der Waals surface area contributed by atoms with Crippen molar-refractivity contribution in [2.24, 2.45) is 0 Å². The summed E-state index contributed by atoms with van der Waals surface area (Å²) in [5.74, 6) is 0.650. The minimum absolute atomic E-state index is 0.0791. The molecule has 134 valence electrons. The first kappa shape index (κ1) is 17.8. The molecule has 0 bridgehead atoms. The van der Waals surface area contributed by atoms with E-state index in [4.69, 9.17) is 4.74 Å². The molecule has 1 N–H and O–H groups in total. The zero-order chi connectivity index (χ0) is 17.9. The molecule has 0 amide bonds. The number of hydrogen-bond acceptors (Lipinski definition) is 5. The predicted octanol–water partition coefficient (Wildman–Crippen LogP) is 2.58. The Bertz CT molecular complexity index is 816. The monoisotopic (exact) mass is 361 g/mol. The van der Waals surface area contributed by atoms with Gasteiger partial charge < -0.3 is 10.1 Å². The molecule has 0 radical (unpaired) electrons. The molecular weight excluding hydrogens is 338 g/mol. The summed E-state index contributed by atoms with van der Waals surface area (Å²) in [6.45, 7) is 5.75. The number of hydrogen-bond donors (Lipinski definition) is 1. The van der Waals surface area contributed by atoms with E-state index in [0.717, 1.165) is 0 Å². The number of benzene rings is 1. The van der Waals surface area contributed by atoms with Crippen molar-refractivity contribution < 1.29 is 13.2 Å². The zero-order valence-corrected chi connectivity index (χ0v) is 15.3. The SMILES string of the molecule is Cc1ccccc1C(C)Nc1ccc(S(=O)(=O)N2CCOCC2)cn1. The van der Waals surface area contributed by atoms with Crippen LogP contribution in [0.25, 0.3) is 0 Å². The second-order valence-electron chi connectivity index (χ2n) is 6.12. The van der Waals surface area contributed by atoms with Crippen LogP contribution in [0.15, 0.2) is 47.5 Å². The van der Waals surface area contributed by atoms with Gasteiger partial charge in [0.05, 0.1) is 19.3 Å². The summed E-state index contributed by atoms with van der Waals surface area (Å²) < 4.78 is 31.8. The molecule has 1 aliphatic rings. The van der Waals surface area contributed by atoms with E-state index in [2.05, 4.69) is 36.3 Å². The fourth-order valence-electron chi connectivity index (χ4n) is 2.93. The topological polar surface area (TPSA) is 71.5 Å². The Morgan fingerprint density at radius 1 is 1.16 bits per heavy atom. The maximum atomic E-state index is 12.6. The van der Waals surface area contributed by atoms with Gasteiger partial charge in [0.25, 0.3) is 0 Å². The highest BCUT2D eigenvalue weighted by Crippen LogP contribution is 2.22. The highest BCUT2D eigenvalue weighted by molar-refractivity contribution is 7.89. The molecule has 1 saturated heterocycles. The van der Waals surface area contributed by atoms with Crippen LogP contribution < -0.4 is 5.32 Å². The lowest BCUT2D eigenvalue weighted by Crippen LogP contribution is -2.40. The second kappa shape index (κ2) is 7.51. The first-order valence-electron chi connectivity index (χ1n) is 8.34. The Balaban J connectivity index is 1.73. The average Bonchev–Trinajstić information content (AvgIpc) is 2.63. The van der Waals surface area contributed by atoms with Crippen molar-refractivity contribution in [1.82, 2.24) is 9.29 Å². The van der Waals surface area contributed by atoms with Crippen molar-refractivity contribution in [3.05, 3.63) is 53.7 Å². The molecule has 1 fully saturated rings. The van der Waals surface area contributed by atoms with E-state index in [-0.39, 0.29) is 10.9 Å². The summed E-state index contributed by atoms with van der Waals surface area (Å²) in [5, 5.41) is 3.32. The van der Waals surface area contributed by atoms with Crippen LogP contribution in [0.4, 0.5) is 5.82 Å². The lowest BCUT2D eigenvalue weighted by molar-refractivity contribution is 0.0730. The largest absolute Gasteiger partial charge is 0.379 e. The van der Waals surface area contributed by atoms with Crippen molar-refractivity contribution in [2.45, 2.75) is 24.8 Å². The van der Waals surface area contributed by atoms with Crippen molar-refractivity contribution in [3.8, 4) is 0 Å². The predicted molar refractivity (Wildman–Crippen MR) is 97.0 cm³/mol. The maximum absolute atomic E-state index is 12.6. The molecule has 7 heteroatoms. The fraction of sp³-hybridized carbons (Fsp3) is 0.389. The van der Waals surface area contributed by atoms with Crippen molar-refractivity contribution >= 4 is 15.8 Å².